The second kappa shape index (κ2) is 5.38. The van der Waals surface area contributed by atoms with Gasteiger partial charge in [0.05, 0.1) is 6.54 Å². The highest BCUT2D eigenvalue weighted by atomic mass is 16.5. The maximum absolute atomic E-state index is 5.52. The van der Waals surface area contributed by atoms with E-state index in [9.17, 15) is 0 Å². The third kappa shape index (κ3) is 3.32. The second-order valence-electron chi connectivity index (χ2n) is 4.73. The Hall–Kier alpha value is -0.530. The van der Waals surface area contributed by atoms with Crippen LogP contribution in [-0.2, 0) is 4.74 Å². The molecule has 0 spiro atoms. The van der Waals surface area contributed by atoms with Gasteiger partial charge in [0.1, 0.15) is 6.61 Å². The molecule has 14 heavy (non-hydrogen) atoms. The molecule has 0 bridgehead atoms. The molecule has 0 atom stereocenters. The number of hydrogen-bond acceptors (Lipinski definition) is 2. The van der Waals surface area contributed by atoms with Gasteiger partial charge in [-0.1, -0.05) is 46.5 Å². The summed E-state index contributed by atoms with van der Waals surface area (Å²) in [7, 11) is 0. The van der Waals surface area contributed by atoms with Gasteiger partial charge in [-0.05, 0) is 6.42 Å². The first-order chi connectivity index (χ1) is 6.67. The molecular weight excluding hydrogens is 174 g/mol. The predicted molar refractivity (Wildman–Crippen MR) is 60.8 cm³/mol. The minimum Gasteiger partial charge on any atom is -0.479 e. The second-order valence-corrected chi connectivity index (χ2v) is 4.73. The lowest BCUT2D eigenvalue weighted by Gasteiger charge is -2.23. The molecule has 1 heterocycles. The van der Waals surface area contributed by atoms with Crippen molar-refractivity contribution >= 4 is 5.90 Å². The van der Waals surface area contributed by atoms with E-state index in [1.165, 1.54) is 32.1 Å². The predicted octanol–water partition coefficient (Wildman–Crippen LogP) is 3.41. The first-order valence-electron chi connectivity index (χ1n) is 5.84. The number of rotatable bonds is 6. The summed E-state index contributed by atoms with van der Waals surface area (Å²) in [6.45, 7) is 8.36. The van der Waals surface area contributed by atoms with Gasteiger partial charge in [0.25, 0.3) is 0 Å². The number of unbranched alkanes of at least 4 members (excludes halogenated alkanes) is 3. The lowest BCUT2D eigenvalue weighted by molar-refractivity contribution is 0.282. The number of nitrogens with zero attached hydrogens (tertiary/aromatic N) is 1. The Kier molecular flexibility index (Phi) is 4.43. The minimum atomic E-state index is 0.157. The summed E-state index contributed by atoms with van der Waals surface area (Å²) in [4.78, 5) is 4.40. The molecule has 0 aromatic rings. The van der Waals surface area contributed by atoms with E-state index in [1.54, 1.807) is 0 Å². The van der Waals surface area contributed by atoms with E-state index in [1.807, 2.05) is 0 Å². The zero-order valence-electron chi connectivity index (χ0n) is 9.81. The summed E-state index contributed by atoms with van der Waals surface area (Å²) < 4.78 is 5.52. The van der Waals surface area contributed by atoms with Gasteiger partial charge >= 0.3 is 0 Å². The van der Waals surface area contributed by atoms with Crippen LogP contribution in [0.15, 0.2) is 4.99 Å². The summed E-state index contributed by atoms with van der Waals surface area (Å²) in [5.41, 5.74) is 0.157. The van der Waals surface area contributed by atoms with E-state index in [4.69, 9.17) is 4.74 Å². The monoisotopic (exact) mass is 197 g/mol. The van der Waals surface area contributed by atoms with Gasteiger partial charge in [0, 0.05) is 5.41 Å². The molecule has 1 rings (SSSR count). The van der Waals surface area contributed by atoms with Crippen LogP contribution in [-0.4, -0.2) is 19.0 Å². The fraction of sp³-hybridized carbons (Fsp3) is 0.917. The fourth-order valence-electron chi connectivity index (χ4n) is 1.85. The van der Waals surface area contributed by atoms with Crippen molar-refractivity contribution in [1.29, 1.82) is 0 Å². The van der Waals surface area contributed by atoms with Crippen molar-refractivity contribution in [2.75, 3.05) is 13.2 Å². The molecule has 0 saturated carbocycles. The molecule has 0 aromatic heterocycles. The molecule has 0 radical (unpaired) electrons. The lowest BCUT2D eigenvalue weighted by atomic mass is 9.86. The number of ether oxygens (including phenoxy) is 1. The molecule has 2 nitrogen and oxygen atoms in total. The largest absolute Gasteiger partial charge is 0.479 e. The summed E-state index contributed by atoms with van der Waals surface area (Å²) in [6, 6.07) is 0. The zero-order valence-corrected chi connectivity index (χ0v) is 9.81. The lowest BCUT2D eigenvalue weighted by Crippen LogP contribution is -2.24. The van der Waals surface area contributed by atoms with Crippen molar-refractivity contribution in [2.24, 2.45) is 10.4 Å². The van der Waals surface area contributed by atoms with E-state index in [2.05, 4.69) is 25.8 Å². The van der Waals surface area contributed by atoms with Gasteiger partial charge in [0.15, 0.2) is 5.90 Å². The molecule has 1 aliphatic heterocycles. The maximum Gasteiger partial charge on any atom is 0.189 e. The normalized spacial score (nSPS) is 16.6. The molecule has 0 amide bonds. The van der Waals surface area contributed by atoms with Crippen LogP contribution >= 0.6 is 0 Å². The van der Waals surface area contributed by atoms with E-state index >= 15 is 0 Å². The van der Waals surface area contributed by atoms with Crippen LogP contribution in [0.5, 0.6) is 0 Å². The van der Waals surface area contributed by atoms with Gasteiger partial charge < -0.3 is 4.74 Å². The zero-order chi connectivity index (χ0) is 10.4. The summed E-state index contributed by atoms with van der Waals surface area (Å²) in [5.74, 6) is 0.981. The molecule has 0 unspecified atom stereocenters. The molecule has 0 saturated heterocycles. The Labute approximate surface area is 87.8 Å². The highest BCUT2D eigenvalue weighted by molar-refractivity contribution is 5.82. The Morgan fingerprint density at radius 3 is 2.64 bits per heavy atom. The third-order valence-electron chi connectivity index (χ3n) is 2.82. The van der Waals surface area contributed by atoms with E-state index in [0.29, 0.717) is 0 Å². The van der Waals surface area contributed by atoms with Crippen LogP contribution in [0.25, 0.3) is 0 Å². The van der Waals surface area contributed by atoms with Gasteiger partial charge in [-0.3, -0.25) is 4.99 Å². The summed E-state index contributed by atoms with van der Waals surface area (Å²) in [6.07, 6.45) is 6.49. The molecule has 0 fully saturated rings. The van der Waals surface area contributed by atoms with Crippen LogP contribution < -0.4 is 0 Å². The van der Waals surface area contributed by atoms with Crippen LogP contribution in [0, 0.1) is 5.41 Å². The van der Waals surface area contributed by atoms with Crippen LogP contribution in [0.4, 0.5) is 0 Å². The highest BCUT2D eigenvalue weighted by Gasteiger charge is 2.28. The molecule has 1 aliphatic rings. The van der Waals surface area contributed by atoms with E-state index in [0.717, 1.165) is 19.0 Å². The van der Waals surface area contributed by atoms with Crippen molar-refractivity contribution in [1.82, 2.24) is 0 Å². The number of hydrogen-bond donors (Lipinski definition) is 0. The third-order valence-corrected chi connectivity index (χ3v) is 2.82. The summed E-state index contributed by atoms with van der Waals surface area (Å²) in [5, 5.41) is 0. The Morgan fingerprint density at radius 2 is 2.07 bits per heavy atom. The first-order valence-corrected chi connectivity index (χ1v) is 5.84. The molecule has 2 heteroatoms. The molecule has 0 N–H and O–H groups in total. The van der Waals surface area contributed by atoms with Gasteiger partial charge in [-0.15, -0.1) is 0 Å². The number of aliphatic imine (C=N–C) groups is 1. The van der Waals surface area contributed by atoms with Crippen molar-refractivity contribution in [2.45, 2.75) is 52.9 Å². The molecule has 82 valence electrons. The van der Waals surface area contributed by atoms with Crippen molar-refractivity contribution in [3.63, 3.8) is 0 Å². The quantitative estimate of drug-likeness (QED) is 0.598. The van der Waals surface area contributed by atoms with Gasteiger partial charge in [-0.2, -0.15) is 0 Å². The molecule has 0 aliphatic carbocycles. The SMILES string of the molecule is CCCCCCC(C)(C)C1=NCCO1. The minimum absolute atomic E-state index is 0.157. The van der Waals surface area contributed by atoms with Gasteiger partial charge in [-0.25, -0.2) is 0 Å². The van der Waals surface area contributed by atoms with Crippen LogP contribution in [0.2, 0.25) is 0 Å². The van der Waals surface area contributed by atoms with Crippen LogP contribution in [0.1, 0.15) is 52.9 Å². The maximum atomic E-state index is 5.52. The van der Waals surface area contributed by atoms with Crippen molar-refractivity contribution < 1.29 is 4.74 Å². The topological polar surface area (TPSA) is 21.6 Å². The Morgan fingerprint density at radius 1 is 1.29 bits per heavy atom. The molecular formula is C12H23NO. The molecule has 0 aromatic carbocycles. The van der Waals surface area contributed by atoms with E-state index < -0.39 is 0 Å². The smallest absolute Gasteiger partial charge is 0.189 e. The van der Waals surface area contributed by atoms with Gasteiger partial charge in [0.2, 0.25) is 0 Å². The average Bonchev–Trinajstić information content (AvgIpc) is 2.65. The van der Waals surface area contributed by atoms with Crippen molar-refractivity contribution in [3.05, 3.63) is 0 Å². The van der Waals surface area contributed by atoms with Crippen molar-refractivity contribution in [3.8, 4) is 0 Å². The standard InChI is InChI=1S/C12H23NO/c1-4-5-6-7-8-12(2,3)11-13-9-10-14-11/h4-10H2,1-3H3. The average molecular weight is 197 g/mol. The van der Waals surface area contributed by atoms with E-state index in [-0.39, 0.29) is 5.41 Å². The highest BCUT2D eigenvalue weighted by Crippen LogP contribution is 2.28. The summed E-state index contributed by atoms with van der Waals surface area (Å²) >= 11 is 0. The van der Waals surface area contributed by atoms with Crippen LogP contribution in [0.3, 0.4) is 0 Å². The Balaban J connectivity index is 2.26. The fourth-order valence-corrected chi connectivity index (χ4v) is 1.85. The first kappa shape index (κ1) is 11.5. The Bertz CT molecular complexity index is 196.